The van der Waals surface area contributed by atoms with Crippen molar-refractivity contribution >= 4 is 22.4 Å². The van der Waals surface area contributed by atoms with Crippen molar-refractivity contribution in [2.75, 3.05) is 24.6 Å². The first-order chi connectivity index (χ1) is 15.1. The number of aromatic amines is 1. The van der Waals surface area contributed by atoms with Crippen molar-refractivity contribution in [2.24, 2.45) is 11.1 Å². The minimum Gasteiger partial charge on any atom is -0.376 e. The smallest absolute Gasteiger partial charge is 0.180 e. The molecule has 2 saturated heterocycles. The number of fused-ring (bicyclic) bond motifs is 2. The van der Waals surface area contributed by atoms with E-state index in [0.717, 1.165) is 71.9 Å². The van der Waals surface area contributed by atoms with Gasteiger partial charge in [-0.3, -0.25) is 9.50 Å². The molecule has 0 unspecified atom stereocenters. The molecule has 31 heavy (non-hydrogen) atoms. The Balaban J connectivity index is 1.37. The number of nitrogens with zero attached hydrogens (tertiary/aromatic N) is 5. The largest absolute Gasteiger partial charge is 0.376 e. The van der Waals surface area contributed by atoms with Crippen molar-refractivity contribution in [3.05, 3.63) is 42.5 Å². The third-order valence-corrected chi connectivity index (χ3v) is 7.32. The highest BCUT2D eigenvalue weighted by Gasteiger charge is 2.47. The van der Waals surface area contributed by atoms with Crippen LogP contribution in [0, 0.1) is 12.3 Å². The number of aromatic nitrogens is 5. The summed E-state index contributed by atoms with van der Waals surface area (Å²) in [6, 6.07) is 6.44. The molecular formula is C23H27N7O. The number of H-pyrrole nitrogens is 1. The van der Waals surface area contributed by atoms with E-state index in [1.165, 1.54) is 0 Å². The second-order valence-electron chi connectivity index (χ2n) is 9.05. The monoisotopic (exact) mass is 417 g/mol. The van der Waals surface area contributed by atoms with E-state index < -0.39 is 0 Å². The Morgan fingerprint density at radius 2 is 2.10 bits per heavy atom. The molecule has 5 heterocycles. The Morgan fingerprint density at radius 1 is 1.26 bits per heavy atom. The van der Waals surface area contributed by atoms with Crippen LogP contribution in [0.15, 0.2) is 36.8 Å². The van der Waals surface area contributed by atoms with Gasteiger partial charge < -0.3 is 15.4 Å². The van der Waals surface area contributed by atoms with Crippen LogP contribution in [0.25, 0.3) is 27.8 Å². The van der Waals surface area contributed by atoms with Crippen molar-refractivity contribution in [1.29, 1.82) is 0 Å². The molecule has 160 valence electrons. The number of imidazole rings is 1. The number of rotatable bonds is 2. The third-order valence-electron chi connectivity index (χ3n) is 7.32. The summed E-state index contributed by atoms with van der Waals surface area (Å²) in [6.45, 7) is 6.76. The Bertz CT molecular complexity index is 1270. The van der Waals surface area contributed by atoms with Gasteiger partial charge in [0, 0.05) is 47.9 Å². The molecule has 3 N–H and O–H groups in total. The predicted molar refractivity (Wildman–Crippen MR) is 120 cm³/mol. The summed E-state index contributed by atoms with van der Waals surface area (Å²) in [5.74, 6) is 0.948. The summed E-state index contributed by atoms with van der Waals surface area (Å²) in [4.78, 5) is 12.1. The van der Waals surface area contributed by atoms with Gasteiger partial charge in [0.15, 0.2) is 11.5 Å². The average Bonchev–Trinajstić information content (AvgIpc) is 3.50. The molecule has 0 saturated carbocycles. The van der Waals surface area contributed by atoms with E-state index in [-0.39, 0.29) is 17.6 Å². The lowest BCUT2D eigenvalue weighted by atomic mass is 9.73. The zero-order valence-electron chi connectivity index (χ0n) is 17.9. The number of hydrogen-bond acceptors (Lipinski definition) is 6. The van der Waals surface area contributed by atoms with E-state index >= 15 is 0 Å². The molecule has 0 aliphatic carbocycles. The molecule has 0 bridgehead atoms. The van der Waals surface area contributed by atoms with Crippen LogP contribution in [-0.2, 0) is 4.74 Å². The van der Waals surface area contributed by atoms with Crippen LogP contribution in [0.1, 0.15) is 25.5 Å². The number of aryl methyl sites for hydroxylation is 1. The summed E-state index contributed by atoms with van der Waals surface area (Å²) in [5.41, 5.74) is 11.6. The Labute approximate surface area is 180 Å². The zero-order chi connectivity index (χ0) is 21.2. The van der Waals surface area contributed by atoms with E-state index in [0.29, 0.717) is 0 Å². The van der Waals surface area contributed by atoms with Crippen LogP contribution in [0.3, 0.4) is 0 Å². The highest BCUT2D eigenvalue weighted by atomic mass is 16.5. The van der Waals surface area contributed by atoms with E-state index in [1.54, 1.807) is 0 Å². The zero-order valence-corrected chi connectivity index (χ0v) is 17.9. The molecule has 3 aromatic heterocycles. The maximum absolute atomic E-state index is 6.50. The van der Waals surface area contributed by atoms with Crippen LogP contribution >= 0.6 is 0 Å². The van der Waals surface area contributed by atoms with Crippen molar-refractivity contribution in [2.45, 2.75) is 38.8 Å². The molecule has 1 aromatic carbocycles. The van der Waals surface area contributed by atoms with Gasteiger partial charge >= 0.3 is 0 Å². The number of nitrogens with one attached hydrogen (secondary N) is 1. The summed E-state index contributed by atoms with van der Waals surface area (Å²) in [5, 5.41) is 8.30. The number of piperidine rings is 1. The van der Waals surface area contributed by atoms with Crippen molar-refractivity contribution in [3.8, 4) is 11.3 Å². The van der Waals surface area contributed by atoms with E-state index in [4.69, 9.17) is 15.5 Å². The van der Waals surface area contributed by atoms with Crippen LogP contribution in [0.5, 0.6) is 0 Å². The number of nitrogens with two attached hydrogens (primary N) is 1. The molecular weight excluding hydrogens is 390 g/mol. The first-order valence-corrected chi connectivity index (χ1v) is 11.0. The normalized spacial score (nSPS) is 23.4. The second kappa shape index (κ2) is 6.77. The highest BCUT2D eigenvalue weighted by molar-refractivity contribution is 5.84. The molecule has 2 atom stereocenters. The van der Waals surface area contributed by atoms with E-state index in [1.807, 2.05) is 18.6 Å². The number of ether oxygens (including phenoxy) is 1. The van der Waals surface area contributed by atoms with Crippen LogP contribution in [0.4, 0.5) is 5.82 Å². The predicted octanol–water partition coefficient (Wildman–Crippen LogP) is 2.91. The molecule has 0 radical (unpaired) electrons. The van der Waals surface area contributed by atoms with Gasteiger partial charge in [0.1, 0.15) is 0 Å². The molecule has 8 heteroatoms. The van der Waals surface area contributed by atoms with Gasteiger partial charge in [-0.2, -0.15) is 5.10 Å². The van der Waals surface area contributed by atoms with Crippen molar-refractivity contribution in [1.82, 2.24) is 24.6 Å². The minimum atomic E-state index is 0.0934. The van der Waals surface area contributed by atoms with Gasteiger partial charge in [-0.25, -0.2) is 9.97 Å². The lowest BCUT2D eigenvalue weighted by molar-refractivity contribution is 0.0974. The standard InChI is InChI=1S/C23H27N7O/c1-14-19(16-3-4-17-12-26-28-18(17)11-16)30-10-7-25-21(30)22(27-14)29-8-5-23(6-9-29)13-31-15(2)20(23)24/h3-4,7,10-12,15,20H,5-6,8-9,13,24H2,1-2H3,(H,26,28)/t15-,20+/m0/s1. The maximum Gasteiger partial charge on any atom is 0.180 e. The molecule has 1 spiro atoms. The van der Waals surface area contributed by atoms with Crippen molar-refractivity contribution < 1.29 is 4.74 Å². The Hall–Kier alpha value is -2.97. The topological polar surface area (TPSA) is 97.4 Å². The molecule has 4 aromatic rings. The highest BCUT2D eigenvalue weighted by Crippen LogP contribution is 2.42. The van der Waals surface area contributed by atoms with E-state index in [9.17, 15) is 0 Å². The van der Waals surface area contributed by atoms with Gasteiger partial charge in [0.25, 0.3) is 0 Å². The van der Waals surface area contributed by atoms with Gasteiger partial charge in [-0.15, -0.1) is 0 Å². The summed E-state index contributed by atoms with van der Waals surface area (Å²) in [7, 11) is 0. The van der Waals surface area contributed by atoms with Crippen molar-refractivity contribution in [3.63, 3.8) is 0 Å². The number of hydrogen-bond donors (Lipinski definition) is 2. The Morgan fingerprint density at radius 3 is 2.87 bits per heavy atom. The molecule has 2 aliphatic heterocycles. The summed E-state index contributed by atoms with van der Waals surface area (Å²) >= 11 is 0. The average molecular weight is 418 g/mol. The van der Waals surface area contributed by atoms with E-state index in [2.05, 4.69) is 56.5 Å². The third kappa shape index (κ3) is 2.78. The first-order valence-electron chi connectivity index (χ1n) is 11.0. The SMILES string of the molecule is Cc1nc(N2CCC3(CC2)CO[C@@H](C)[C@H]3N)c2nccn2c1-c1ccc2cn[nH]c2c1. The fraction of sp³-hybridized carbons (Fsp3) is 0.435. The number of anilines is 1. The summed E-state index contributed by atoms with van der Waals surface area (Å²) in [6.07, 6.45) is 7.89. The maximum atomic E-state index is 6.50. The molecule has 0 amide bonds. The van der Waals surface area contributed by atoms with Gasteiger partial charge in [-0.1, -0.05) is 12.1 Å². The van der Waals surface area contributed by atoms with Crippen LogP contribution in [0.2, 0.25) is 0 Å². The Kier molecular flexibility index (Phi) is 4.10. The van der Waals surface area contributed by atoms with Gasteiger partial charge in [-0.05, 0) is 32.8 Å². The van der Waals surface area contributed by atoms with Gasteiger partial charge in [0.05, 0.1) is 35.8 Å². The lowest BCUT2D eigenvalue weighted by Gasteiger charge is -2.41. The quantitative estimate of drug-likeness (QED) is 0.521. The molecule has 2 aliphatic rings. The summed E-state index contributed by atoms with van der Waals surface area (Å²) < 4.78 is 8.04. The first kappa shape index (κ1) is 18.8. The minimum absolute atomic E-state index is 0.0934. The molecule has 6 rings (SSSR count). The number of benzene rings is 1. The van der Waals surface area contributed by atoms with Crippen LogP contribution < -0.4 is 10.6 Å². The molecule has 8 nitrogen and oxygen atoms in total. The second-order valence-corrected chi connectivity index (χ2v) is 9.05. The lowest BCUT2D eigenvalue weighted by Crippen LogP contribution is -2.50. The fourth-order valence-electron chi connectivity index (χ4n) is 5.37. The fourth-order valence-corrected chi connectivity index (χ4v) is 5.37. The van der Waals surface area contributed by atoms with Crippen LogP contribution in [-0.4, -0.2) is 56.4 Å². The molecule has 2 fully saturated rings. The van der Waals surface area contributed by atoms with Gasteiger partial charge in [0.2, 0.25) is 0 Å².